The third kappa shape index (κ3) is 3.60. The number of nitrogens with zero attached hydrogens (tertiary/aromatic N) is 2. The Balaban J connectivity index is 1.93. The van der Waals surface area contributed by atoms with Crippen molar-refractivity contribution in [1.29, 1.82) is 0 Å². The molecule has 2 aliphatic rings. The zero-order valence-electron chi connectivity index (χ0n) is 12.3. The first-order valence-electron chi connectivity index (χ1n) is 7.25. The SMILES string of the molecule is CC(C)(C)OC(=O)N1[C@@H]2CC[C@H]1CN(CCCO)C2. The van der Waals surface area contributed by atoms with Gasteiger partial charge in [-0.1, -0.05) is 0 Å². The van der Waals surface area contributed by atoms with Crippen molar-refractivity contribution in [3.8, 4) is 0 Å². The lowest BCUT2D eigenvalue weighted by atomic mass is 10.2. The van der Waals surface area contributed by atoms with E-state index in [0.29, 0.717) is 0 Å². The molecule has 19 heavy (non-hydrogen) atoms. The Hall–Kier alpha value is -0.810. The van der Waals surface area contributed by atoms with Crippen LogP contribution in [0.2, 0.25) is 0 Å². The number of aliphatic hydroxyl groups excluding tert-OH is 1. The van der Waals surface area contributed by atoms with Crippen LogP contribution in [0.3, 0.4) is 0 Å². The minimum atomic E-state index is -0.426. The fourth-order valence-electron chi connectivity index (χ4n) is 3.08. The van der Waals surface area contributed by atoms with Gasteiger partial charge in [0.1, 0.15) is 5.60 Å². The van der Waals surface area contributed by atoms with Crippen molar-refractivity contribution in [1.82, 2.24) is 9.80 Å². The van der Waals surface area contributed by atoms with Crippen LogP contribution in [0.15, 0.2) is 0 Å². The molecule has 2 atom stereocenters. The van der Waals surface area contributed by atoms with Crippen LogP contribution in [0, 0.1) is 0 Å². The van der Waals surface area contributed by atoms with E-state index < -0.39 is 5.60 Å². The van der Waals surface area contributed by atoms with Crippen molar-refractivity contribution in [2.45, 2.75) is 57.7 Å². The lowest BCUT2D eigenvalue weighted by Gasteiger charge is -2.41. The molecule has 0 aromatic carbocycles. The minimum Gasteiger partial charge on any atom is -0.444 e. The van der Waals surface area contributed by atoms with E-state index in [1.54, 1.807) is 0 Å². The average molecular weight is 270 g/mol. The van der Waals surface area contributed by atoms with Gasteiger partial charge in [0.05, 0.1) is 0 Å². The number of piperazine rings is 1. The quantitative estimate of drug-likeness (QED) is 0.843. The van der Waals surface area contributed by atoms with Crippen LogP contribution in [0.4, 0.5) is 4.79 Å². The highest BCUT2D eigenvalue weighted by Crippen LogP contribution is 2.31. The maximum absolute atomic E-state index is 12.2. The van der Waals surface area contributed by atoms with Crippen LogP contribution in [-0.2, 0) is 4.74 Å². The van der Waals surface area contributed by atoms with E-state index in [4.69, 9.17) is 9.84 Å². The molecular weight excluding hydrogens is 244 g/mol. The predicted octanol–water partition coefficient (Wildman–Crippen LogP) is 1.45. The summed E-state index contributed by atoms with van der Waals surface area (Å²) < 4.78 is 5.50. The first-order valence-corrected chi connectivity index (χ1v) is 7.25. The highest BCUT2D eigenvalue weighted by Gasteiger charge is 2.43. The maximum atomic E-state index is 12.2. The number of ether oxygens (including phenoxy) is 1. The zero-order chi connectivity index (χ0) is 14.0. The number of carbonyl (C=O) groups excluding carboxylic acids is 1. The standard InChI is InChI=1S/C14H26N2O3/c1-14(2,3)19-13(18)16-11-5-6-12(16)10-15(9-11)7-4-8-17/h11-12,17H,4-10H2,1-3H3/t11-,12+. The molecule has 2 rings (SSSR count). The van der Waals surface area contributed by atoms with Gasteiger partial charge in [-0.15, -0.1) is 0 Å². The number of fused-ring (bicyclic) bond motifs is 2. The van der Waals surface area contributed by atoms with Crippen LogP contribution in [-0.4, -0.2) is 64.9 Å². The number of likely N-dealkylation sites (tertiary alicyclic amines) is 1. The molecule has 2 saturated heterocycles. The fraction of sp³-hybridized carbons (Fsp3) is 0.929. The third-order valence-electron chi connectivity index (χ3n) is 3.79. The van der Waals surface area contributed by atoms with Crippen LogP contribution < -0.4 is 0 Å². The first kappa shape index (κ1) is 14.6. The summed E-state index contributed by atoms with van der Waals surface area (Å²) in [5.41, 5.74) is -0.426. The van der Waals surface area contributed by atoms with Gasteiger partial charge in [-0.05, 0) is 40.0 Å². The lowest BCUT2D eigenvalue weighted by molar-refractivity contribution is -0.00495. The summed E-state index contributed by atoms with van der Waals surface area (Å²) in [7, 11) is 0. The van der Waals surface area contributed by atoms with Gasteiger partial charge in [0, 0.05) is 38.3 Å². The van der Waals surface area contributed by atoms with Crippen LogP contribution in [0.5, 0.6) is 0 Å². The predicted molar refractivity (Wildman–Crippen MR) is 73.0 cm³/mol. The molecule has 2 bridgehead atoms. The Labute approximate surface area is 115 Å². The monoisotopic (exact) mass is 270 g/mol. The molecule has 5 nitrogen and oxygen atoms in total. The van der Waals surface area contributed by atoms with E-state index in [1.165, 1.54) is 0 Å². The Bertz CT molecular complexity index is 313. The third-order valence-corrected chi connectivity index (χ3v) is 3.79. The van der Waals surface area contributed by atoms with E-state index in [-0.39, 0.29) is 24.8 Å². The van der Waals surface area contributed by atoms with E-state index in [1.807, 2.05) is 25.7 Å². The molecule has 0 spiro atoms. The summed E-state index contributed by atoms with van der Waals surface area (Å²) in [5.74, 6) is 0. The lowest BCUT2D eigenvalue weighted by Crippen LogP contribution is -2.56. The second kappa shape index (κ2) is 5.67. The van der Waals surface area contributed by atoms with E-state index in [2.05, 4.69) is 4.90 Å². The van der Waals surface area contributed by atoms with Gasteiger partial charge in [-0.3, -0.25) is 9.80 Å². The molecule has 0 aromatic rings. The molecule has 110 valence electrons. The summed E-state index contributed by atoms with van der Waals surface area (Å²) in [6, 6.07) is 0.569. The van der Waals surface area contributed by atoms with Crippen LogP contribution >= 0.6 is 0 Å². The van der Waals surface area contributed by atoms with E-state index in [0.717, 1.165) is 38.9 Å². The molecule has 2 fully saturated rings. The Morgan fingerprint density at radius 2 is 1.84 bits per heavy atom. The normalized spacial score (nSPS) is 27.7. The fourth-order valence-corrected chi connectivity index (χ4v) is 3.08. The minimum absolute atomic E-state index is 0.165. The highest BCUT2D eigenvalue weighted by molar-refractivity contribution is 5.69. The summed E-state index contributed by atoms with van der Waals surface area (Å²) in [4.78, 5) is 16.5. The maximum Gasteiger partial charge on any atom is 0.410 e. The van der Waals surface area contributed by atoms with Crippen molar-refractivity contribution >= 4 is 6.09 Å². The number of amides is 1. The van der Waals surface area contributed by atoms with Crippen molar-refractivity contribution in [3.63, 3.8) is 0 Å². The average Bonchev–Trinajstić information content (AvgIpc) is 2.56. The molecule has 2 heterocycles. The topological polar surface area (TPSA) is 53.0 Å². The number of aliphatic hydroxyl groups is 1. The second-order valence-electron chi connectivity index (χ2n) is 6.61. The smallest absolute Gasteiger partial charge is 0.410 e. The largest absolute Gasteiger partial charge is 0.444 e. The van der Waals surface area contributed by atoms with Gasteiger partial charge in [-0.25, -0.2) is 4.79 Å². The van der Waals surface area contributed by atoms with Crippen LogP contribution in [0.1, 0.15) is 40.0 Å². The number of hydrogen-bond donors (Lipinski definition) is 1. The molecular formula is C14H26N2O3. The van der Waals surface area contributed by atoms with E-state index >= 15 is 0 Å². The van der Waals surface area contributed by atoms with Gasteiger partial charge in [0.25, 0.3) is 0 Å². The second-order valence-corrected chi connectivity index (χ2v) is 6.61. The molecule has 0 aromatic heterocycles. The van der Waals surface area contributed by atoms with Gasteiger partial charge < -0.3 is 9.84 Å². The Morgan fingerprint density at radius 1 is 1.26 bits per heavy atom. The van der Waals surface area contributed by atoms with Gasteiger partial charge in [0.15, 0.2) is 0 Å². The molecule has 1 N–H and O–H groups in total. The number of carbonyl (C=O) groups is 1. The summed E-state index contributed by atoms with van der Waals surface area (Å²) in [6.07, 6.45) is 2.78. The van der Waals surface area contributed by atoms with Crippen LogP contribution in [0.25, 0.3) is 0 Å². The van der Waals surface area contributed by atoms with Gasteiger partial charge in [-0.2, -0.15) is 0 Å². The number of hydrogen-bond acceptors (Lipinski definition) is 4. The van der Waals surface area contributed by atoms with Crippen molar-refractivity contribution < 1.29 is 14.6 Å². The summed E-state index contributed by atoms with van der Waals surface area (Å²) >= 11 is 0. The first-order chi connectivity index (χ1) is 8.90. The summed E-state index contributed by atoms with van der Waals surface area (Å²) in [5, 5.41) is 8.90. The van der Waals surface area contributed by atoms with Gasteiger partial charge >= 0.3 is 6.09 Å². The molecule has 0 saturated carbocycles. The Kier molecular flexibility index (Phi) is 4.36. The molecule has 0 radical (unpaired) electrons. The number of rotatable bonds is 3. The van der Waals surface area contributed by atoms with Crippen molar-refractivity contribution in [2.75, 3.05) is 26.2 Å². The summed E-state index contributed by atoms with van der Waals surface area (Å²) in [6.45, 7) is 8.71. The van der Waals surface area contributed by atoms with Crippen molar-refractivity contribution in [3.05, 3.63) is 0 Å². The van der Waals surface area contributed by atoms with Crippen molar-refractivity contribution in [2.24, 2.45) is 0 Å². The highest BCUT2D eigenvalue weighted by atomic mass is 16.6. The van der Waals surface area contributed by atoms with Gasteiger partial charge in [0.2, 0.25) is 0 Å². The molecule has 0 unspecified atom stereocenters. The molecule has 2 aliphatic heterocycles. The zero-order valence-corrected chi connectivity index (χ0v) is 12.3. The van der Waals surface area contributed by atoms with E-state index in [9.17, 15) is 4.79 Å². The molecule has 0 aliphatic carbocycles. The molecule has 5 heteroatoms. The Morgan fingerprint density at radius 3 is 2.32 bits per heavy atom. The molecule has 1 amide bonds.